The quantitative estimate of drug-likeness (QED) is 0.799. The molecule has 1 heterocycles. The molecule has 2 rings (SSSR count). The van der Waals surface area contributed by atoms with Crippen LogP contribution in [0.25, 0.3) is 0 Å². The van der Waals surface area contributed by atoms with Gasteiger partial charge in [0.2, 0.25) is 0 Å². The van der Waals surface area contributed by atoms with Crippen LogP contribution in [0.5, 0.6) is 0 Å². The lowest BCUT2D eigenvalue weighted by Crippen LogP contribution is -2.31. The minimum absolute atomic E-state index is 0.203. The molecule has 0 aliphatic carbocycles. The second-order valence-corrected chi connectivity index (χ2v) is 4.78. The van der Waals surface area contributed by atoms with Gasteiger partial charge in [-0.05, 0) is 23.6 Å². The first kappa shape index (κ1) is 14.8. The molecule has 21 heavy (non-hydrogen) atoms. The monoisotopic (exact) mass is 286 g/mol. The number of esters is 1. The van der Waals surface area contributed by atoms with Crippen LogP contribution in [-0.2, 0) is 9.53 Å². The second-order valence-electron chi connectivity index (χ2n) is 4.78. The van der Waals surface area contributed by atoms with Crippen LogP contribution in [0.2, 0.25) is 0 Å². The van der Waals surface area contributed by atoms with Gasteiger partial charge >= 0.3 is 5.97 Å². The van der Waals surface area contributed by atoms with Gasteiger partial charge in [-0.15, -0.1) is 0 Å². The number of hydrogen-bond donors (Lipinski definition) is 2. The first-order valence-electron chi connectivity index (χ1n) is 6.79. The van der Waals surface area contributed by atoms with Crippen LogP contribution in [0.1, 0.15) is 28.9 Å². The summed E-state index contributed by atoms with van der Waals surface area (Å²) in [5.41, 5.74) is 1.49. The standard InChI is InChI=1S/C16H18N2O3/c1-12(13-6-3-2-4-7-13)10-18-15(19)11-21-16(20)14-8-5-9-17-14/h2-9,12,17H,10-11H2,1H3,(H,18,19)/t12-/m1/s1. The summed E-state index contributed by atoms with van der Waals surface area (Å²) in [7, 11) is 0. The number of carbonyl (C=O) groups excluding carboxylic acids is 2. The Balaban J connectivity index is 1.71. The molecule has 110 valence electrons. The van der Waals surface area contributed by atoms with Crippen molar-refractivity contribution in [2.75, 3.05) is 13.2 Å². The second kappa shape index (κ2) is 7.28. The van der Waals surface area contributed by atoms with Gasteiger partial charge in [-0.3, -0.25) is 4.79 Å². The van der Waals surface area contributed by atoms with E-state index in [1.807, 2.05) is 37.3 Å². The first-order valence-corrected chi connectivity index (χ1v) is 6.79. The van der Waals surface area contributed by atoms with E-state index in [4.69, 9.17) is 4.74 Å². The summed E-state index contributed by atoms with van der Waals surface area (Å²) in [6, 6.07) is 13.2. The maximum Gasteiger partial charge on any atom is 0.355 e. The Kier molecular flexibility index (Phi) is 5.15. The van der Waals surface area contributed by atoms with Gasteiger partial charge in [0.05, 0.1) is 0 Å². The molecule has 5 nitrogen and oxygen atoms in total. The van der Waals surface area contributed by atoms with Gasteiger partial charge in [0.15, 0.2) is 6.61 Å². The molecule has 0 unspecified atom stereocenters. The highest BCUT2D eigenvalue weighted by Gasteiger charge is 2.11. The summed E-state index contributed by atoms with van der Waals surface area (Å²) >= 11 is 0. The van der Waals surface area contributed by atoms with Crippen molar-refractivity contribution in [2.24, 2.45) is 0 Å². The SMILES string of the molecule is C[C@H](CNC(=O)COC(=O)c1ccc[nH]1)c1ccccc1. The molecule has 2 aromatic rings. The largest absolute Gasteiger partial charge is 0.451 e. The van der Waals surface area contributed by atoms with E-state index in [2.05, 4.69) is 10.3 Å². The van der Waals surface area contributed by atoms with E-state index >= 15 is 0 Å². The summed E-state index contributed by atoms with van der Waals surface area (Å²) in [6.07, 6.45) is 1.62. The van der Waals surface area contributed by atoms with Crippen LogP contribution >= 0.6 is 0 Å². The van der Waals surface area contributed by atoms with Crippen LogP contribution < -0.4 is 5.32 Å². The van der Waals surface area contributed by atoms with Gasteiger partial charge in [0.25, 0.3) is 5.91 Å². The molecule has 1 aromatic carbocycles. The smallest absolute Gasteiger partial charge is 0.355 e. The number of H-pyrrole nitrogens is 1. The molecule has 0 saturated carbocycles. The van der Waals surface area contributed by atoms with Gasteiger partial charge in [-0.25, -0.2) is 4.79 Å². The topological polar surface area (TPSA) is 71.2 Å². The fourth-order valence-corrected chi connectivity index (χ4v) is 1.88. The molecule has 0 radical (unpaired) electrons. The Hall–Kier alpha value is -2.56. The normalized spacial score (nSPS) is 11.7. The van der Waals surface area contributed by atoms with E-state index in [-0.39, 0.29) is 18.4 Å². The van der Waals surface area contributed by atoms with Crippen molar-refractivity contribution in [3.63, 3.8) is 0 Å². The number of hydrogen-bond acceptors (Lipinski definition) is 3. The predicted molar refractivity (Wildman–Crippen MR) is 78.9 cm³/mol. The van der Waals surface area contributed by atoms with Crippen molar-refractivity contribution in [1.29, 1.82) is 0 Å². The number of aromatic amines is 1. The molecule has 0 aliphatic rings. The number of rotatable bonds is 6. The van der Waals surface area contributed by atoms with Crippen molar-refractivity contribution in [1.82, 2.24) is 10.3 Å². The van der Waals surface area contributed by atoms with E-state index in [0.717, 1.165) is 5.56 Å². The van der Waals surface area contributed by atoms with E-state index in [1.165, 1.54) is 0 Å². The van der Waals surface area contributed by atoms with Gasteiger partial charge in [-0.1, -0.05) is 37.3 Å². The predicted octanol–water partition coefficient (Wildman–Crippen LogP) is 2.09. The van der Waals surface area contributed by atoms with Crippen molar-refractivity contribution in [3.05, 3.63) is 59.9 Å². The molecule has 0 bridgehead atoms. The lowest BCUT2D eigenvalue weighted by molar-refractivity contribution is -0.124. The van der Waals surface area contributed by atoms with Crippen LogP contribution in [0, 0.1) is 0 Å². The average Bonchev–Trinajstić information content (AvgIpc) is 3.05. The van der Waals surface area contributed by atoms with Crippen LogP contribution in [0.3, 0.4) is 0 Å². The van der Waals surface area contributed by atoms with E-state index < -0.39 is 5.97 Å². The Morgan fingerprint density at radius 2 is 1.95 bits per heavy atom. The molecular formula is C16H18N2O3. The third-order valence-corrected chi connectivity index (χ3v) is 3.13. The summed E-state index contributed by atoms with van der Waals surface area (Å²) < 4.78 is 4.90. The number of ether oxygens (including phenoxy) is 1. The zero-order valence-corrected chi connectivity index (χ0v) is 11.8. The molecule has 1 amide bonds. The molecule has 0 spiro atoms. The number of amides is 1. The lowest BCUT2D eigenvalue weighted by Gasteiger charge is -2.13. The van der Waals surface area contributed by atoms with Crippen molar-refractivity contribution >= 4 is 11.9 Å². The number of carbonyl (C=O) groups is 2. The van der Waals surface area contributed by atoms with Crippen LogP contribution in [0.15, 0.2) is 48.7 Å². The van der Waals surface area contributed by atoms with Crippen LogP contribution in [0.4, 0.5) is 0 Å². The summed E-state index contributed by atoms with van der Waals surface area (Å²) in [6.45, 7) is 2.25. The molecule has 2 N–H and O–H groups in total. The Labute approximate surface area is 123 Å². The number of aromatic nitrogens is 1. The Morgan fingerprint density at radius 1 is 1.19 bits per heavy atom. The highest BCUT2D eigenvalue weighted by Crippen LogP contribution is 2.12. The summed E-state index contributed by atoms with van der Waals surface area (Å²) in [5.74, 6) is -0.641. The van der Waals surface area contributed by atoms with E-state index in [1.54, 1.807) is 18.3 Å². The van der Waals surface area contributed by atoms with E-state index in [0.29, 0.717) is 12.2 Å². The first-order chi connectivity index (χ1) is 10.2. The van der Waals surface area contributed by atoms with Crippen molar-refractivity contribution < 1.29 is 14.3 Å². The Morgan fingerprint density at radius 3 is 2.62 bits per heavy atom. The molecular weight excluding hydrogens is 268 g/mol. The zero-order valence-electron chi connectivity index (χ0n) is 11.8. The average molecular weight is 286 g/mol. The third kappa shape index (κ3) is 4.49. The van der Waals surface area contributed by atoms with Gasteiger partial charge in [0.1, 0.15) is 5.69 Å². The number of benzene rings is 1. The van der Waals surface area contributed by atoms with Crippen molar-refractivity contribution in [3.8, 4) is 0 Å². The van der Waals surface area contributed by atoms with Gasteiger partial charge < -0.3 is 15.0 Å². The molecule has 5 heteroatoms. The molecule has 0 saturated heterocycles. The fourth-order valence-electron chi connectivity index (χ4n) is 1.88. The van der Waals surface area contributed by atoms with Crippen LogP contribution in [-0.4, -0.2) is 30.0 Å². The number of nitrogens with one attached hydrogen (secondary N) is 2. The zero-order chi connectivity index (χ0) is 15.1. The Bertz CT molecular complexity index is 579. The third-order valence-electron chi connectivity index (χ3n) is 3.13. The maximum absolute atomic E-state index is 11.7. The minimum Gasteiger partial charge on any atom is -0.451 e. The minimum atomic E-state index is -0.536. The molecule has 0 fully saturated rings. The highest BCUT2D eigenvalue weighted by molar-refractivity contribution is 5.89. The highest BCUT2D eigenvalue weighted by atomic mass is 16.5. The summed E-state index contributed by atoms with van der Waals surface area (Å²) in [4.78, 5) is 25.9. The summed E-state index contributed by atoms with van der Waals surface area (Å²) in [5, 5.41) is 2.76. The van der Waals surface area contributed by atoms with Gasteiger partial charge in [0, 0.05) is 12.7 Å². The fraction of sp³-hybridized carbons (Fsp3) is 0.250. The molecule has 0 aliphatic heterocycles. The maximum atomic E-state index is 11.7. The molecule has 1 aromatic heterocycles. The molecule has 1 atom stereocenters. The van der Waals surface area contributed by atoms with E-state index in [9.17, 15) is 9.59 Å². The lowest BCUT2D eigenvalue weighted by atomic mass is 10.0. The van der Waals surface area contributed by atoms with Crippen molar-refractivity contribution in [2.45, 2.75) is 12.8 Å². The van der Waals surface area contributed by atoms with Gasteiger partial charge in [-0.2, -0.15) is 0 Å².